The quantitative estimate of drug-likeness (QED) is 0.936. The van der Waals surface area contributed by atoms with Gasteiger partial charge in [0.1, 0.15) is 0 Å². The lowest BCUT2D eigenvalue weighted by atomic mass is 9.78. The number of para-hydroxylation sites is 1. The summed E-state index contributed by atoms with van der Waals surface area (Å²) in [5.41, 5.74) is 2.69. The van der Waals surface area contributed by atoms with Crippen LogP contribution in [0.25, 0.3) is 5.69 Å². The van der Waals surface area contributed by atoms with E-state index in [1.54, 1.807) is 0 Å². The van der Waals surface area contributed by atoms with Crippen LogP contribution in [0.5, 0.6) is 0 Å². The summed E-state index contributed by atoms with van der Waals surface area (Å²) in [6, 6.07) is 10.2. The average Bonchev–Trinajstić information content (AvgIpc) is 3.17. The summed E-state index contributed by atoms with van der Waals surface area (Å²) in [6.45, 7) is 5.68. The van der Waals surface area contributed by atoms with Crippen molar-refractivity contribution >= 4 is 12.4 Å². The first-order chi connectivity index (χ1) is 10.8. The second-order valence-corrected chi connectivity index (χ2v) is 6.70. The number of benzene rings is 1. The van der Waals surface area contributed by atoms with Crippen LogP contribution in [0, 0.1) is 5.41 Å². The second kappa shape index (κ2) is 6.99. The molecule has 0 amide bonds. The van der Waals surface area contributed by atoms with Gasteiger partial charge in [0.25, 0.3) is 0 Å². The molecule has 0 saturated carbocycles. The molecule has 5 nitrogen and oxygen atoms in total. The minimum absolute atomic E-state index is 0. The molecular formula is C17H24ClN5. The molecule has 1 N–H and O–H groups in total. The number of piperidine rings is 1. The fourth-order valence-corrected chi connectivity index (χ4v) is 3.83. The van der Waals surface area contributed by atoms with Crippen molar-refractivity contribution in [2.75, 3.05) is 26.2 Å². The van der Waals surface area contributed by atoms with Crippen LogP contribution in [-0.4, -0.2) is 46.1 Å². The molecule has 4 rings (SSSR count). The van der Waals surface area contributed by atoms with Gasteiger partial charge in [-0.3, -0.25) is 4.90 Å². The van der Waals surface area contributed by atoms with Gasteiger partial charge in [0.2, 0.25) is 0 Å². The van der Waals surface area contributed by atoms with E-state index in [1.807, 2.05) is 22.9 Å². The van der Waals surface area contributed by atoms with Crippen LogP contribution >= 0.6 is 12.4 Å². The largest absolute Gasteiger partial charge is 0.317 e. The Morgan fingerprint density at radius 2 is 1.87 bits per heavy atom. The molecular weight excluding hydrogens is 310 g/mol. The molecule has 2 aliphatic rings. The highest BCUT2D eigenvalue weighted by atomic mass is 35.5. The molecule has 2 aliphatic heterocycles. The third kappa shape index (κ3) is 3.57. The lowest BCUT2D eigenvalue weighted by molar-refractivity contribution is 0.193. The number of hydrogen-bond acceptors (Lipinski definition) is 4. The first-order valence-electron chi connectivity index (χ1n) is 8.23. The molecule has 6 heteroatoms. The van der Waals surface area contributed by atoms with E-state index < -0.39 is 0 Å². The highest BCUT2D eigenvalue weighted by Crippen LogP contribution is 2.38. The van der Waals surface area contributed by atoms with Gasteiger partial charge in [-0.2, -0.15) is 0 Å². The van der Waals surface area contributed by atoms with Crippen LogP contribution in [-0.2, 0) is 6.54 Å². The Morgan fingerprint density at radius 3 is 2.65 bits per heavy atom. The van der Waals surface area contributed by atoms with Crippen LogP contribution < -0.4 is 5.32 Å². The summed E-state index contributed by atoms with van der Waals surface area (Å²) in [4.78, 5) is 2.55. The molecule has 124 valence electrons. The monoisotopic (exact) mass is 333 g/mol. The number of halogens is 1. The Labute approximate surface area is 143 Å². The van der Waals surface area contributed by atoms with Gasteiger partial charge in [0, 0.05) is 13.1 Å². The molecule has 23 heavy (non-hydrogen) atoms. The molecule has 1 spiro atoms. The Kier molecular flexibility index (Phi) is 4.99. The van der Waals surface area contributed by atoms with E-state index in [0.29, 0.717) is 5.41 Å². The molecule has 0 radical (unpaired) electrons. The molecule has 1 aromatic heterocycles. The zero-order valence-corrected chi connectivity index (χ0v) is 14.1. The van der Waals surface area contributed by atoms with Crippen LogP contribution in [0.2, 0.25) is 0 Å². The molecule has 1 aromatic carbocycles. The molecule has 2 saturated heterocycles. The molecule has 2 fully saturated rings. The van der Waals surface area contributed by atoms with Crippen molar-refractivity contribution in [1.29, 1.82) is 0 Å². The number of nitrogens with one attached hydrogen (secondary N) is 1. The van der Waals surface area contributed by atoms with Crippen LogP contribution in [0.15, 0.2) is 36.5 Å². The summed E-state index contributed by atoms with van der Waals surface area (Å²) < 4.78 is 1.87. The highest BCUT2D eigenvalue weighted by molar-refractivity contribution is 5.85. The van der Waals surface area contributed by atoms with E-state index in [-0.39, 0.29) is 12.4 Å². The van der Waals surface area contributed by atoms with Crippen molar-refractivity contribution in [3.63, 3.8) is 0 Å². The zero-order valence-electron chi connectivity index (χ0n) is 13.3. The summed E-state index contributed by atoms with van der Waals surface area (Å²) in [6.07, 6.45) is 6.03. The number of aromatic nitrogens is 3. The Bertz CT molecular complexity index is 621. The van der Waals surface area contributed by atoms with Gasteiger partial charge in [0.05, 0.1) is 17.6 Å². The van der Waals surface area contributed by atoms with Crippen molar-refractivity contribution < 1.29 is 0 Å². The topological polar surface area (TPSA) is 46.0 Å². The first-order valence-corrected chi connectivity index (χ1v) is 8.23. The van der Waals surface area contributed by atoms with Gasteiger partial charge < -0.3 is 5.32 Å². The summed E-state index contributed by atoms with van der Waals surface area (Å²) in [5.74, 6) is 0. The molecule has 0 bridgehead atoms. The number of nitrogens with zero attached hydrogens (tertiary/aromatic N) is 4. The van der Waals surface area contributed by atoms with E-state index in [1.165, 1.54) is 45.4 Å². The lowest BCUT2D eigenvalue weighted by Gasteiger charge is -2.33. The highest BCUT2D eigenvalue weighted by Gasteiger charge is 2.38. The molecule has 2 aromatic rings. The van der Waals surface area contributed by atoms with Crippen LogP contribution in [0.3, 0.4) is 0 Å². The van der Waals surface area contributed by atoms with E-state index in [9.17, 15) is 0 Å². The van der Waals surface area contributed by atoms with E-state index in [2.05, 4.69) is 38.9 Å². The lowest BCUT2D eigenvalue weighted by Crippen LogP contribution is -2.38. The first kappa shape index (κ1) is 16.4. The van der Waals surface area contributed by atoms with Crippen LogP contribution in [0.1, 0.15) is 25.0 Å². The van der Waals surface area contributed by atoms with Gasteiger partial charge >= 0.3 is 0 Å². The van der Waals surface area contributed by atoms with Crippen molar-refractivity contribution in [3.8, 4) is 5.69 Å². The molecule has 0 aliphatic carbocycles. The summed E-state index contributed by atoms with van der Waals surface area (Å²) >= 11 is 0. The minimum atomic E-state index is 0. The predicted octanol–water partition coefficient (Wildman–Crippen LogP) is 2.26. The molecule has 0 unspecified atom stereocenters. The Balaban J connectivity index is 0.00000156. The van der Waals surface area contributed by atoms with Gasteiger partial charge in [-0.1, -0.05) is 23.4 Å². The fraction of sp³-hybridized carbons (Fsp3) is 0.529. The maximum absolute atomic E-state index is 4.35. The van der Waals surface area contributed by atoms with Gasteiger partial charge in [0.15, 0.2) is 0 Å². The van der Waals surface area contributed by atoms with E-state index in [0.717, 1.165) is 17.9 Å². The van der Waals surface area contributed by atoms with Gasteiger partial charge in [-0.05, 0) is 56.4 Å². The zero-order chi connectivity index (χ0) is 14.8. The molecule has 3 heterocycles. The minimum Gasteiger partial charge on any atom is -0.317 e. The standard InChI is InChI=1S/C17H23N5.ClH/c1-2-4-16(5-3-1)22-13-15(19-20-22)12-21-11-8-17(14-21)6-9-18-10-7-17;/h1-5,13,18H,6-12,14H2;1H. The third-order valence-corrected chi connectivity index (χ3v) is 5.13. The van der Waals surface area contributed by atoms with Crippen molar-refractivity contribution in [3.05, 3.63) is 42.2 Å². The number of hydrogen-bond donors (Lipinski definition) is 1. The van der Waals surface area contributed by atoms with Crippen LogP contribution in [0.4, 0.5) is 0 Å². The van der Waals surface area contributed by atoms with E-state index >= 15 is 0 Å². The van der Waals surface area contributed by atoms with E-state index in [4.69, 9.17) is 0 Å². The SMILES string of the molecule is Cl.c1ccc(-n2cc(CN3CCC4(CCNCC4)C3)nn2)cc1. The third-order valence-electron chi connectivity index (χ3n) is 5.13. The Morgan fingerprint density at radius 1 is 1.09 bits per heavy atom. The smallest absolute Gasteiger partial charge is 0.0971 e. The maximum atomic E-state index is 4.35. The van der Waals surface area contributed by atoms with Crippen molar-refractivity contribution in [2.24, 2.45) is 5.41 Å². The van der Waals surface area contributed by atoms with Gasteiger partial charge in [-0.25, -0.2) is 4.68 Å². The Hall–Kier alpha value is -1.43. The number of likely N-dealkylation sites (tertiary alicyclic amines) is 1. The van der Waals surface area contributed by atoms with Gasteiger partial charge in [-0.15, -0.1) is 17.5 Å². The van der Waals surface area contributed by atoms with Crippen molar-refractivity contribution in [2.45, 2.75) is 25.8 Å². The summed E-state index contributed by atoms with van der Waals surface area (Å²) in [5, 5.41) is 12.1. The average molecular weight is 334 g/mol. The number of rotatable bonds is 3. The molecule has 0 atom stereocenters. The second-order valence-electron chi connectivity index (χ2n) is 6.70. The summed E-state index contributed by atoms with van der Waals surface area (Å²) in [7, 11) is 0. The normalized spacial score (nSPS) is 20.5. The van der Waals surface area contributed by atoms with Crippen molar-refractivity contribution in [1.82, 2.24) is 25.2 Å². The fourth-order valence-electron chi connectivity index (χ4n) is 3.83. The maximum Gasteiger partial charge on any atom is 0.0971 e. The predicted molar refractivity (Wildman–Crippen MR) is 93.0 cm³/mol.